The number of thiophene rings is 1. The number of carbonyl (C=O) groups excluding carboxylic acids is 4. The smallest absolute Gasteiger partial charge is 0.348 e. The molecule has 1 amide bonds. The molecular formula is C20H24N4O7S2. The number of nitrogen functional groups attached to an aromatic ring is 1. The Morgan fingerprint density at radius 3 is 2.24 bits per heavy atom. The van der Waals surface area contributed by atoms with Crippen LogP contribution in [0.3, 0.4) is 0 Å². The van der Waals surface area contributed by atoms with Gasteiger partial charge in [-0.15, -0.1) is 11.3 Å². The van der Waals surface area contributed by atoms with Crippen LogP contribution in [0, 0.1) is 6.92 Å². The van der Waals surface area contributed by atoms with Gasteiger partial charge in [0, 0.05) is 6.20 Å². The van der Waals surface area contributed by atoms with Gasteiger partial charge in [0.15, 0.2) is 5.16 Å². The summed E-state index contributed by atoms with van der Waals surface area (Å²) < 4.78 is 14.9. The zero-order valence-corrected chi connectivity index (χ0v) is 20.2. The average Bonchev–Trinajstić information content (AvgIpc) is 3.08. The maximum absolute atomic E-state index is 12.5. The van der Waals surface area contributed by atoms with Gasteiger partial charge in [-0.3, -0.25) is 4.79 Å². The van der Waals surface area contributed by atoms with Crippen molar-refractivity contribution in [3.63, 3.8) is 0 Å². The van der Waals surface area contributed by atoms with Gasteiger partial charge in [0.1, 0.15) is 21.3 Å². The van der Waals surface area contributed by atoms with Gasteiger partial charge in [0.05, 0.1) is 31.1 Å². The maximum atomic E-state index is 12.5. The van der Waals surface area contributed by atoms with Gasteiger partial charge >= 0.3 is 17.9 Å². The fourth-order valence-corrected chi connectivity index (χ4v) is 4.28. The Morgan fingerprint density at radius 2 is 1.64 bits per heavy atom. The third-order valence-electron chi connectivity index (χ3n) is 3.96. The number of hydrogen-bond donors (Lipinski definition) is 2. The highest BCUT2D eigenvalue weighted by Gasteiger charge is 2.27. The minimum Gasteiger partial charge on any atom is -0.462 e. The summed E-state index contributed by atoms with van der Waals surface area (Å²) in [5, 5.41) is 2.98. The Labute approximate surface area is 198 Å². The Morgan fingerprint density at radius 1 is 1.03 bits per heavy atom. The van der Waals surface area contributed by atoms with Crippen LogP contribution in [0.25, 0.3) is 0 Å². The first kappa shape index (κ1) is 26.1. The molecule has 3 N–H and O–H groups in total. The molecule has 11 nitrogen and oxygen atoms in total. The summed E-state index contributed by atoms with van der Waals surface area (Å²) in [7, 11) is 0. The Hall–Kier alpha value is -3.19. The number of nitrogens with two attached hydrogens (primary N) is 1. The number of ether oxygens (including phenoxy) is 3. The van der Waals surface area contributed by atoms with Crippen LogP contribution in [-0.2, 0) is 19.0 Å². The first-order valence-corrected chi connectivity index (χ1v) is 11.7. The summed E-state index contributed by atoms with van der Waals surface area (Å²) in [5.41, 5.74) is 6.28. The first-order valence-electron chi connectivity index (χ1n) is 9.93. The van der Waals surface area contributed by atoms with Crippen LogP contribution < -0.4 is 11.1 Å². The normalized spacial score (nSPS) is 10.4. The van der Waals surface area contributed by atoms with Gasteiger partial charge in [-0.25, -0.2) is 24.4 Å². The number of nitrogens with one attached hydrogen (secondary N) is 1. The zero-order chi connectivity index (χ0) is 24.5. The molecule has 2 rings (SSSR count). The van der Waals surface area contributed by atoms with Gasteiger partial charge in [-0.1, -0.05) is 11.8 Å². The molecule has 178 valence electrons. The minimum atomic E-state index is -0.657. The van der Waals surface area contributed by atoms with Crippen molar-refractivity contribution in [1.82, 2.24) is 9.97 Å². The van der Waals surface area contributed by atoms with Crippen molar-refractivity contribution in [2.24, 2.45) is 0 Å². The summed E-state index contributed by atoms with van der Waals surface area (Å²) in [6.45, 7) is 7.05. The molecule has 0 radical (unpaired) electrons. The molecule has 0 aromatic carbocycles. The highest BCUT2D eigenvalue weighted by molar-refractivity contribution is 7.99. The van der Waals surface area contributed by atoms with Gasteiger partial charge in [0.2, 0.25) is 5.91 Å². The van der Waals surface area contributed by atoms with Crippen LogP contribution in [0.4, 0.5) is 10.8 Å². The lowest BCUT2D eigenvalue weighted by Gasteiger charge is -2.08. The molecule has 0 saturated carbocycles. The van der Waals surface area contributed by atoms with Crippen molar-refractivity contribution in [1.29, 1.82) is 0 Å². The molecule has 0 saturated heterocycles. The number of aromatic nitrogens is 2. The summed E-state index contributed by atoms with van der Waals surface area (Å²) in [6.07, 6.45) is 1.23. The van der Waals surface area contributed by atoms with Gasteiger partial charge in [-0.05, 0) is 33.3 Å². The molecule has 0 atom stereocenters. The topological polar surface area (TPSA) is 160 Å². The van der Waals surface area contributed by atoms with Crippen LogP contribution in [-0.4, -0.2) is 59.4 Å². The van der Waals surface area contributed by atoms with E-state index in [9.17, 15) is 19.2 Å². The number of nitrogens with zero attached hydrogens (tertiary/aromatic N) is 2. The second kappa shape index (κ2) is 12.2. The maximum Gasteiger partial charge on any atom is 0.348 e. The Bertz CT molecular complexity index is 1060. The van der Waals surface area contributed by atoms with Gasteiger partial charge in [0.25, 0.3) is 0 Å². The number of anilines is 2. The lowest BCUT2D eigenvalue weighted by atomic mass is 10.1. The monoisotopic (exact) mass is 496 g/mol. The van der Waals surface area contributed by atoms with Crippen molar-refractivity contribution in [3.05, 3.63) is 27.8 Å². The van der Waals surface area contributed by atoms with E-state index in [1.165, 1.54) is 6.20 Å². The SMILES string of the molecule is CCOC(=O)c1cnc(SCC(=O)Nc2sc(C(=O)OCC)c(C)c2C(=O)OCC)nc1N. The van der Waals surface area contributed by atoms with Crippen molar-refractivity contribution in [2.45, 2.75) is 32.9 Å². The van der Waals surface area contributed by atoms with Crippen LogP contribution >= 0.6 is 23.1 Å². The van der Waals surface area contributed by atoms with Crippen molar-refractivity contribution >= 4 is 57.7 Å². The Kier molecular flexibility index (Phi) is 9.60. The van der Waals surface area contributed by atoms with E-state index in [2.05, 4.69) is 15.3 Å². The van der Waals surface area contributed by atoms with Crippen LogP contribution in [0.5, 0.6) is 0 Å². The lowest BCUT2D eigenvalue weighted by Crippen LogP contribution is -2.17. The molecule has 2 aromatic heterocycles. The summed E-state index contributed by atoms with van der Waals surface area (Å²) in [4.78, 5) is 57.1. The predicted octanol–water partition coefficient (Wildman–Crippen LogP) is 2.69. The number of thioether (sulfide) groups is 1. The summed E-state index contributed by atoms with van der Waals surface area (Å²) >= 11 is 1.91. The van der Waals surface area contributed by atoms with E-state index in [-0.39, 0.29) is 57.6 Å². The zero-order valence-electron chi connectivity index (χ0n) is 18.6. The molecular weight excluding hydrogens is 472 g/mol. The molecule has 33 heavy (non-hydrogen) atoms. The fraction of sp³-hybridized carbons (Fsp3) is 0.400. The molecule has 0 aliphatic heterocycles. The molecule has 0 bridgehead atoms. The quantitative estimate of drug-likeness (QED) is 0.215. The Balaban J connectivity index is 2.15. The molecule has 0 unspecified atom stereocenters. The van der Waals surface area contributed by atoms with Crippen LogP contribution in [0.15, 0.2) is 11.4 Å². The van der Waals surface area contributed by atoms with Crippen molar-refractivity contribution in [3.8, 4) is 0 Å². The number of hydrogen-bond acceptors (Lipinski definition) is 12. The third-order valence-corrected chi connectivity index (χ3v) is 6.01. The second-order valence-electron chi connectivity index (χ2n) is 6.21. The van der Waals surface area contributed by atoms with E-state index in [0.29, 0.717) is 5.56 Å². The number of esters is 3. The average molecular weight is 497 g/mol. The fourth-order valence-electron chi connectivity index (χ4n) is 2.55. The second-order valence-corrected chi connectivity index (χ2v) is 8.17. The summed E-state index contributed by atoms with van der Waals surface area (Å²) in [5.74, 6) is -2.54. The summed E-state index contributed by atoms with van der Waals surface area (Å²) in [6, 6.07) is 0. The largest absolute Gasteiger partial charge is 0.462 e. The highest BCUT2D eigenvalue weighted by Crippen LogP contribution is 2.34. The van der Waals surface area contributed by atoms with E-state index in [1.807, 2.05) is 0 Å². The molecule has 0 aliphatic rings. The molecule has 0 fully saturated rings. The van der Waals surface area contributed by atoms with Crippen LogP contribution in [0.1, 0.15) is 56.7 Å². The lowest BCUT2D eigenvalue weighted by molar-refractivity contribution is -0.113. The molecule has 0 aliphatic carbocycles. The molecule has 2 heterocycles. The van der Waals surface area contributed by atoms with E-state index in [4.69, 9.17) is 19.9 Å². The standard InChI is InChI=1S/C20H24N4O7S2/c1-5-29-17(26)11-8-22-20(24-15(11)21)32-9-12(25)23-16-13(18(27)30-6-2)10(4)14(33-16)19(28)31-7-3/h8H,5-7,9H2,1-4H3,(H,23,25)(H2,21,22,24). The molecule has 13 heteroatoms. The van der Waals surface area contributed by atoms with E-state index in [1.54, 1.807) is 27.7 Å². The van der Waals surface area contributed by atoms with Crippen molar-refractivity contribution in [2.75, 3.05) is 36.6 Å². The minimum absolute atomic E-state index is 0.0327. The van der Waals surface area contributed by atoms with Crippen LogP contribution in [0.2, 0.25) is 0 Å². The number of rotatable bonds is 10. The predicted molar refractivity (Wildman–Crippen MR) is 123 cm³/mol. The highest BCUT2D eigenvalue weighted by atomic mass is 32.2. The molecule has 0 spiro atoms. The third kappa shape index (κ3) is 6.65. The van der Waals surface area contributed by atoms with E-state index < -0.39 is 23.8 Å². The van der Waals surface area contributed by atoms with Gasteiger partial charge < -0.3 is 25.3 Å². The van der Waals surface area contributed by atoms with Crippen molar-refractivity contribution < 1.29 is 33.4 Å². The van der Waals surface area contributed by atoms with E-state index >= 15 is 0 Å². The first-order chi connectivity index (χ1) is 15.7. The van der Waals surface area contributed by atoms with Gasteiger partial charge in [-0.2, -0.15) is 0 Å². The molecule has 2 aromatic rings. The number of amides is 1. The van der Waals surface area contributed by atoms with E-state index in [0.717, 1.165) is 23.1 Å². The number of carbonyl (C=O) groups is 4.